The lowest BCUT2D eigenvalue weighted by Gasteiger charge is -2.20. The van der Waals surface area contributed by atoms with E-state index in [2.05, 4.69) is 0 Å². The molecular formula is C13H17F2N. The summed E-state index contributed by atoms with van der Waals surface area (Å²) in [6.07, 6.45) is 5.25. The zero-order valence-electron chi connectivity index (χ0n) is 9.58. The standard InChI is InChI=1S/C13H17F2N/c1-7(2)9-5-12(15)11(14)4-3-8(9)10-6-13(10)16/h3-5,7,9-10,13H,6,16H2,1-2H3/t9?,10-,13+/m0/s1. The van der Waals surface area contributed by atoms with E-state index in [1.165, 1.54) is 12.2 Å². The maximum absolute atomic E-state index is 13.4. The highest BCUT2D eigenvalue weighted by Gasteiger charge is 2.40. The topological polar surface area (TPSA) is 26.0 Å². The number of rotatable bonds is 2. The Morgan fingerprint density at radius 3 is 2.38 bits per heavy atom. The monoisotopic (exact) mass is 225 g/mol. The van der Waals surface area contributed by atoms with Crippen molar-refractivity contribution in [3.05, 3.63) is 35.5 Å². The van der Waals surface area contributed by atoms with E-state index in [0.29, 0.717) is 5.92 Å². The van der Waals surface area contributed by atoms with Gasteiger partial charge in [-0.05, 0) is 30.4 Å². The molecule has 1 nitrogen and oxygen atoms in total. The summed E-state index contributed by atoms with van der Waals surface area (Å²) < 4.78 is 26.5. The summed E-state index contributed by atoms with van der Waals surface area (Å²) in [5.74, 6) is -1.01. The lowest BCUT2D eigenvalue weighted by molar-refractivity contribution is 0.482. The molecule has 1 fully saturated rings. The Labute approximate surface area is 94.7 Å². The first-order chi connectivity index (χ1) is 7.50. The molecule has 2 aliphatic carbocycles. The molecule has 0 aromatic carbocycles. The second kappa shape index (κ2) is 4.13. The van der Waals surface area contributed by atoms with Gasteiger partial charge in [0.1, 0.15) is 0 Å². The molecule has 0 aromatic rings. The fourth-order valence-corrected chi connectivity index (χ4v) is 2.24. The summed E-state index contributed by atoms with van der Waals surface area (Å²) in [5, 5.41) is 0. The van der Waals surface area contributed by atoms with E-state index in [1.54, 1.807) is 6.08 Å². The molecule has 3 heteroatoms. The van der Waals surface area contributed by atoms with Crippen LogP contribution in [-0.4, -0.2) is 6.04 Å². The molecule has 1 saturated carbocycles. The minimum absolute atomic E-state index is 0.0388. The van der Waals surface area contributed by atoms with Gasteiger partial charge in [0.2, 0.25) is 0 Å². The maximum Gasteiger partial charge on any atom is 0.158 e. The number of hydrogen-bond acceptors (Lipinski definition) is 1. The molecule has 2 aliphatic rings. The van der Waals surface area contributed by atoms with Gasteiger partial charge < -0.3 is 5.73 Å². The highest BCUT2D eigenvalue weighted by atomic mass is 19.2. The van der Waals surface area contributed by atoms with Gasteiger partial charge in [0.25, 0.3) is 0 Å². The van der Waals surface area contributed by atoms with Crippen LogP contribution < -0.4 is 5.73 Å². The Kier molecular flexibility index (Phi) is 2.98. The molecule has 0 saturated heterocycles. The molecule has 2 N–H and O–H groups in total. The average Bonchev–Trinajstić information content (AvgIpc) is 2.93. The van der Waals surface area contributed by atoms with Crippen LogP contribution in [-0.2, 0) is 0 Å². The van der Waals surface area contributed by atoms with E-state index in [0.717, 1.165) is 12.0 Å². The Bertz CT molecular complexity index is 379. The fourth-order valence-electron chi connectivity index (χ4n) is 2.24. The quantitative estimate of drug-likeness (QED) is 0.767. The molecule has 0 bridgehead atoms. The molecule has 0 spiro atoms. The second-order valence-corrected chi connectivity index (χ2v) is 4.97. The summed E-state index contributed by atoms with van der Waals surface area (Å²) in [6, 6.07) is 0.165. The molecule has 0 amide bonds. The van der Waals surface area contributed by atoms with Gasteiger partial charge in [0.05, 0.1) is 0 Å². The fraction of sp³-hybridized carbons (Fsp3) is 0.538. The summed E-state index contributed by atoms with van der Waals surface area (Å²) in [7, 11) is 0. The molecule has 0 aliphatic heterocycles. The van der Waals surface area contributed by atoms with E-state index in [9.17, 15) is 8.78 Å². The van der Waals surface area contributed by atoms with E-state index in [-0.39, 0.29) is 17.9 Å². The first-order valence-corrected chi connectivity index (χ1v) is 5.71. The van der Waals surface area contributed by atoms with E-state index in [4.69, 9.17) is 5.73 Å². The molecule has 3 atom stereocenters. The molecule has 0 heterocycles. The smallest absolute Gasteiger partial charge is 0.158 e. The van der Waals surface area contributed by atoms with Crippen LogP contribution in [0.5, 0.6) is 0 Å². The summed E-state index contributed by atoms with van der Waals surface area (Å²) in [5.41, 5.74) is 6.88. The summed E-state index contributed by atoms with van der Waals surface area (Å²) in [4.78, 5) is 0. The van der Waals surface area contributed by atoms with Crippen molar-refractivity contribution in [1.82, 2.24) is 0 Å². The van der Waals surface area contributed by atoms with Crippen LogP contribution in [0.2, 0.25) is 0 Å². The van der Waals surface area contributed by atoms with Crippen molar-refractivity contribution in [2.24, 2.45) is 23.5 Å². The zero-order valence-corrected chi connectivity index (χ0v) is 9.58. The predicted molar refractivity (Wildman–Crippen MR) is 60.9 cm³/mol. The second-order valence-electron chi connectivity index (χ2n) is 4.97. The van der Waals surface area contributed by atoms with Crippen LogP contribution in [0.3, 0.4) is 0 Å². The Balaban J connectivity index is 2.32. The minimum atomic E-state index is -0.783. The summed E-state index contributed by atoms with van der Waals surface area (Å²) >= 11 is 0. The third kappa shape index (κ3) is 2.09. The van der Waals surface area contributed by atoms with Crippen molar-refractivity contribution in [3.8, 4) is 0 Å². The van der Waals surface area contributed by atoms with Gasteiger partial charge in [-0.3, -0.25) is 0 Å². The number of hydrogen-bond donors (Lipinski definition) is 1. The molecule has 2 rings (SSSR count). The Morgan fingerprint density at radius 2 is 1.88 bits per heavy atom. The molecule has 88 valence electrons. The molecule has 16 heavy (non-hydrogen) atoms. The zero-order chi connectivity index (χ0) is 11.9. The van der Waals surface area contributed by atoms with Crippen molar-refractivity contribution in [3.63, 3.8) is 0 Å². The molecule has 0 aromatic heterocycles. The molecular weight excluding hydrogens is 208 g/mol. The SMILES string of the molecule is CC(C)C1C=C(F)C(F)=CC=C1[C@@H]1C[C@H]1N. The Hall–Kier alpha value is -0.960. The van der Waals surface area contributed by atoms with Gasteiger partial charge >= 0.3 is 0 Å². The number of halogens is 2. The van der Waals surface area contributed by atoms with Gasteiger partial charge in [-0.2, -0.15) is 0 Å². The van der Waals surface area contributed by atoms with Gasteiger partial charge in [-0.15, -0.1) is 0 Å². The first kappa shape index (κ1) is 11.5. The highest BCUT2D eigenvalue weighted by molar-refractivity contribution is 5.37. The van der Waals surface area contributed by atoms with Gasteiger partial charge in [-0.25, -0.2) is 8.78 Å². The van der Waals surface area contributed by atoms with Crippen molar-refractivity contribution < 1.29 is 8.78 Å². The third-order valence-electron chi connectivity index (χ3n) is 3.35. The van der Waals surface area contributed by atoms with Crippen LogP contribution in [0, 0.1) is 17.8 Å². The Morgan fingerprint density at radius 1 is 1.25 bits per heavy atom. The van der Waals surface area contributed by atoms with Crippen molar-refractivity contribution in [1.29, 1.82) is 0 Å². The van der Waals surface area contributed by atoms with E-state index >= 15 is 0 Å². The maximum atomic E-state index is 13.4. The minimum Gasteiger partial charge on any atom is -0.327 e. The van der Waals surface area contributed by atoms with Crippen molar-refractivity contribution in [2.45, 2.75) is 26.3 Å². The molecule has 0 radical (unpaired) electrons. The van der Waals surface area contributed by atoms with Crippen molar-refractivity contribution >= 4 is 0 Å². The van der Waals surface area contributed by atoms with E-state index < -0.39 is 11.7 Å². The summed E-state index contributed by atoms with van der Waals surface area (Å²) in [6.45, 7) is 4.03. The lowest BCUT2D eigenvalue weighted by atomic mass is 9.85. The number of nitrogens with two attached hydrogens (primary N) is 1. The highest BCUT2D eigenvalue weighted by Crippen LogP contribution is 2.43. The van der Waals surface area contributed by atoms with Gasteiger partial charge in [0, 0.05) is 12.0 Å². The lowest BCUT2D eigenvalue weighted by Crippen LogP contribution is -2.14. The average molecular weight is 225 g/mol. The van der Waals surface area contributed by atoms with Gasteiger partial charge in [0.15, 0.2) is 11.7 Å². The van der Waals surface area contributed by atoms with E-state index in [1.807, 2.05) is 13.8 Å². The van der Waals surface area contributed by atoms with Gasteiger partial charge in [-0.1, -0.05) is 25.5 Å². The predicted octanol–water partition coefficient (Wildman–Crippen LogP) is 3.25. The van der Waals surface area contributed by atoms with Crippen molar-refractivity contribution in [2.75, 3.05) is 0 Å². The molecule has 1 unspecified atom stereocenters. The number of allylic oxidation sites excluding steroid dienone is 5. The first-order valence-electron chi connectivity index (χ1n) is 5.71. The largest absolute Gasteiger partial charge is 0.327 e. The normalized spacial score (nSPS) is 34.1. The van der Waals surface area contributed by atoms with Crippen LogP contribution in [0.1, 0.15) is 20.3 Å². The van der Waals surface area contributed by atoms with Crippen LogP contribution in [0.25, 0.3) is 0 Å². The third-order valence-corrected chi connectivity index (χ3v) is 3.35. The van der Waals surface area contributed by atoms with Crippen LogP contribution in [0.4, 0.5) is 8.78 Å². The van der Waals surface area contributed by atoms with Crippen LogP contribution in [0.15, 0.2) is 35.5 Å². The van der Waals surface area contributed by atoms with Crippen LogP contribution >= 0.6 is 0 Å².